The van der Waals surface area contributed by atoms with Crippen LogP contribution in [0.4, 0.5) is 0 Å². The number of fused-ring (bicyclic) bond motifs is 1. The monoisotopic (exact) mass is 306 g/mol. The molecule has 1 aromatic rings. The quantitative estimate of drug-likeness (QED) is 0.802. The van der Waals surface area contributed by atoms with Crippen LogP contribution < -0.4 is 0 Å². The predicted molar refractivity (Wildman–Crippen MR) is 86.0 cm³/mol. The molecule has 2 heterocycles. The molecule has 0 N–H and O–H groups in total. The van der Waals surface area contributed by atoms with Crippen LogP contribution in [-0.2, 0) is 0 Å². The molecular weight excluding hydrogens is 284 g/mol. The Kier molecular flexibility index (Phi) is 4.63. The molecule has 2 saturated heterocycles. The fourth-order valence-corrected chi connectivity index (χ4v) is 3.83. The second-order valence-corrected chi connectivity index (χ2v) is 6.67. The minimum absolute atomic E-state index is 0.0657. The number of benzene rings is 1. The van der Waals surface area contributed by atoms with Gasteiger partial charge < -0.3 is 0 Å². The van der Waals surface area contributed by atoms with Crippen molar-refractivity contribution in [3.8, 4) is 0 Å². The lowest BCUT2D eigenvalue weighted by Gasteiger charge is -2.29. The second-order valence-electron chi connectivity index (χ2n) is 6.23. The van der Waals surface area contributed by atoms with E-state index >= 15 is 0 Å². The van der Waals surface area contributed by atoms with Gasteiger partial charge in [-0.25, -0.2) is 0 Å². The van der Waals surface area contributed by atoms with Gasteiger partial charge in [0, 0.05) is 29.7 Å². The van der Waals surface area contributed by atoms with Crippen LogP contribution >= 0.6 is 11.6 Å². The van der Waals surface area contributed by atoms with Gasteiger partial charge in [0.1, 0.15) is 0 Å². The van der Waals surface area contributed by atoms with Crippen molar-refractivity contribution in [1.29, 1.82) is 0 Å². The number of Topliss-reactive ketones (excluding diaryl/α,β-unsaturated/α-hetero) is 1. The van der Waals surface area contributed by atoms with E-state index < -0.39 is 0 Å². The van der Waals surface area contributed by atoms with Gasteiger partial charge in [0.2, 0.25) is 0 Å². The molecule has 3 nitrogen and oxygen atoms in total. The normalized spacial score (nSPS) is 25.3. The van der Waals surface area contributed by atoms with Crippen LogP contribution in [0.2, 0.25) is 5.02 Å². The molecule has 2 aliphatic heterocycles. The maximum Gasteiger partial charge on any atom is 0.179 e. The third-order valence-corrected chi connectivity index (χ3v) is 5.11. The fraction of sp³-hybridized carbons (Fsp3) is 0.588. The highest BCUT2D eigenvalue weighted by Gasteiger charge is 2.32. The zero-order valence-electron chi connectivity index (χ0n) is 12.6. The number of hydrogen-bond donors (Lipinski definition) is 0. The summed E-state index contributed by atoms with van der Waals surface area (Å²) in [6.45, 7) is 6.48. The molecule has 0 aromatic heterocycles. The van der Waals surface area contributed by atoms with Crippen molar-refractivity contribution in [2.45, 2.75) is 38.3 Å². The number of carbonyl (C=O) groups is 1. The summed E-state index contributed by atoms with van der Waals surface area (Å²) in [4.78, 5) is 17.6. The molecule has 0 bridgehead atoms. The van der Waals surface area contributed by atoms with Gasteiger partial charge in [-0.2, -0.15) is 0 Å². The Morgan fingerprint density at radius 1 is 1.29 bits per heavy atom. The largest absolute Gasteiger partial charge is 0.299 e. The first-order valence-electron chi connectivity index (χ1n) is 7.93. The van der Waals surface area contributed by atoms with Crippen LogP contribution in [0.1, 0.15) is 36.5 Å². The smallest absolute Gasteiger partial charge is 0.179 e. The zero-order valence-corrected chi connectivity index (χ0v) is 13.4. The minimum Gasteiger partial charge on any atom is -0.299 e. The summed E-state index contributed by atoms with van der Waals surface area (Å²) < 4.78 is 0. The molecule has 0 radical (unpaired) electrons. The molecule has 21 heavy (non-hydrogen) atoms. The first-order valence-corrected chi connectivity index (χ1v) is 8.31. The topological polar surface area (TPSA) is 23.6 Å². The number of nitrogens with zero attached hydrogens (tertiary/aromatic N) is 2. The average molecular weight is 307 g/mol. The Morgan fingerprint density at radius 2 is 2.10 bits per heavy atom. The van der Waals surface area contributed by atoms with Gasteiger partial charge in [-0.3, -0.25) is 14.6 Å². The van der Waals surface area contributed by atoms with Gasteiger partial charge in [0.05, 0.1) is 6.04 Å². The molecule has 114 valence electrons. The third-order valence-electron chi connectivity index (χ3n) is 4.87. The van der Waals surface area contributed by atoms with Crippen LogP contribution in [0.15, 0.2) is 24.3 Å². The van der Waals surface area contributed by atoms with E-state index in [1.807, 2.05) is 25.1 Å². The van der Waals surface area contributed by atoms with Gasteiger partial charge in [-0.15, -0.1) is 0 Å². The molecule has 0 spiro atoms. The third kappa shape index (κ3) is 3.31. The molecule has 2 fully saturated rings. The summed E-state index contributed by atoms with van der Waals surface area (Å²) in [5.41, 5.74) is 0.725. The first kappa shape index (κ1) is 15.0. The van der Waals surface area contributed by atoms with Crippen LogP contribution in [0.5, 0.6) is 0 Å². The predicted octanol–water partition coefficient (Wildman–Crippen LogP) is 3.08. The first-order chi connectivity index (χ1) is 10.1. The van der Waals surface area contributed by atoms with E-state index in [2.05, 4.69) is 9.80 Å². The van der Waals surface area contributed by atoms with E-state index in [0.29, 0.717) is 11.1 Å². The molecule has 0 amide bonds. The Balaban J connectivity index is 1.71. The number of halogens is 1. The molecule has 4 heteroatoms. The van der Waals surface area contributed by atoms with E-state index in [4.69, 9.17) is 11.6 Å². The highest BCUT2D eigenvalue weighted by Crippen LogP contribution is 2.23. The van der Waals surface area contributed by atoms with Crippen molar-refractivity contribution in [3.63, 3.8) is 0 Å². The lowest BCUT2D eigenvalue weighted by Crippen LogP contribution is -2.44. The van der Waals surface area contributed by atoms with Crippen molar-refractivity contribution >= 4 is 17.4 Å². The molecule has 1 aromatic carbocycles. The van der Waals surface area contributed by atoms with E-state index in [9.17, 15) is 4.79 Å². The van der Waals surface area contributed by atoms with Gasteiger partial charge in [0.15, 0.2) is 5.78 Å². The van der Waals surface area contributed by atoms with Crippen molar-refractivity contribution in [3.05, 3.63) is 34.9 Å². The summed E-state index contributed by atoms with van der Waals surface area (Å²) in [5, 5.41) is 0.630. The molecule has 3 rings (SSSR count). The summed E-state index contributed by atoms with van der Waals surface area (Å²) in [5.74, 6) is 0.184. The SMILES string of the molecule is CC(C(=O)c1cccc(Cl)c1)N1CCCN2CCCC2C1. The Hall–Kier alpha value is -0.900. The Morgan fingerprint density at radius 3 is 2.90 bits per heavy atom. The van der Waals surface area contributed by atoms with Crippen LogP contribution in [0.25, 0.3) is 0 Å². The zero-order chi connectivity index (χ0) is 14.8. The van der Waals surface area contributed by atoms with Gasteiger partial charge >= 0.3 is 0 Å². The number of hydrogen-bond acceptors (Lipinski definition) is 3. The van der Waals surface area contributed by atoms with Crippen LogP contribution in [0.3, 0.4) is 0 Å². The maximum atomic E-state index is 12.7. The lowest BCUT2D eigenvalue weighted by molar-refractivity contribution is 0.0827. The van der Waals surface area contributed by atoms with Crippen molar-refractivity contribution < 1.29 is 4.79 Å². The second kappa shape index (κ2) is 6.47. The Bertz CT molecular complexity index is 519. The van der Waals surface area contributed by atoms with Crippen LogP contribution in [-0.4, -0.2) is 53.8 Å². The Labute approximate surface area is 131 Å². The van der Waals surface area contributed by atoms with E-state index in [0.717, 1.165) is 25.1 Å². The van der Waals surface area contributed by atoms with E-state index in [1.165, 1.54) is 25.9 Å². The average Bonchev–Trinajstić information content (AvgIpc) is 2.83. The standard InChI is InChI=1S/C17H23ClN2O/c1-13(17(21)14-5-2-6-15(18)11-14)20-10-4-9-19-8-3-7-16(19)12-20/h2,5-6,11,13,16H,3-4,7-10,12H2,1H3. The van der Waals surface area contributed by atoms with Crippen molar-refractivity contribution in [1.82, 2.24) is 9.80 Å². The number of ketones is 1. The van der Waals surface area contributed by atoms with Gasteiger partial charge in [-0.05, 0) is 51.4 Å². The summed E-state index contributed by atoms with van der Waals surface area (Å²) >= 11 is 6.01. The van der Waals surface area contributed by atoms with Crippen LogP contribution in [0, 0.1) is 0 Å². The maximum absolute atomic E-state index is 12.7. The number of carbonyl (C=O) groups excluding carboxylic acids is 1. The molecule has 2 atom stereocenters. The fourth-order valence-electron chi connectivity index (χ4n) is 3.64. The van der Waals surface area contributed by atoms with Gasteiger partial charge in [-0.1, -0.05) is 23.7 Å². The molecule has 0 saturated carbocycles. The van der Waals surface area contributed by atoms with E-state index in [-0.39, 0.29) is 11.8 Å². The van der Waals surface area contributed by atoms with Crippen molar-refractivity contribution in [2.75, 3.05) is 26.2 Å². The lowest BCUT2D eigenvalue weighted by atomic mass is 10.0. The summed E-state index contributed by atoms with van der Waals surface area (Å²) in [7, 11) is 0. The molecule has 0 aliphatic carbocycles. The molecule has 2 aliphatic rings. The highest BCUT2D eigenvalue weighted by atomic mass is 35.5. The molecule has 2 unspecified atom stereocenters. The van der Waals surface area contributed by atoms with E-state index in [1.54, 1.807) is 6.07 Å². The van der Waals surface area contributed by atoms with Gasteiger partial charge in [0.25, 0.3) is 0 Å². The molecular formula is C17H23ClN2O. The minimum atomic E-state index is -0.0657. The summed E-state index contributed by atoms with van der Waals surface area (Å²) in [6, 6.07) is 7.88. The summed E-state index contributed by atoms with van der Waals surface area (Å²) in [6.07, 6.45) is 3.73. The highest BCUT2D eigenvalue weighted by molar-refractivity contribution is 6.31. The van der Waals surface area contributed by atoms with Crippen molar-refractivity contribution in [2.24, 2.45) is 0 Å². The number of rotatable bonds is 3.